The van der Waals surface area contributed by atoms with Gasteiger partial charge in [-0.15, -0.1) is 0 Å². The minimum absolute atomic E-state index is 0.192. The van der Waals surface area contributed by atoms with Crippen molar-refractivity contribution >= 4 is 40.7 Å². The number of hydrogen-bond donors (Lipinski definition) is 2. The highest BCUT2D eigenvalue weighted by Crippen LogP contribution is 2.29. The number of amides is 2. The lowest BCUT2D eigenvalue weighted by atomic mass is 10.3. The van der Waals surface area contributed by atoms with E-state index in [9.17, 15) is 9.59 Å². The van der Waals surface area contributed by atoms with E-state index in [4.69, 9.17) is 27.9 Å². The molecule has 0 heterocycles. The van der Waals surface area contributed by atoms with Crippen LogP contribution in [-0.2, 0) is 14.3 Å². The van der Waals surface area contributed by atoms with Gasteiger partial charge in [-0.05, 0) is 12.1 Å². The number of methoxy groups -OCH3 is 1. The molecule has 0 unspecified atom stereocenters. The van der Waals surface area contributed by atoms with Crippen molar-refractivity contribution in [2.24, 2.45) is 0 Å². The summed E-state index contributed by atoms with van der Waals surface area (Å²) in [6.07, 6.45) is 0. The molecule has 0 spiro atoms. The lowest BCUT2D eigenvalue weighted by molar-refractivity contribution is -0.136. The molecule has 0 atom stereocenters. The van der Waals surface area contributed by atoms with Crippen LogP contribution in [0.4, 0.5) is 5.69 Å². The third-order valence-electron chi connectivity index (χ3n) is 2.00. The average Bonchev–Trinajstić information content (AvgIpc) is 2.35. The summed E-state index contributed by atoms with van der Waals surface area (Å²) in [5.41, 5.74) is 0.288. The second-order valence-corrected chi connectivity index (χ2v) is 4.09. The Labute approximate surface area is 114 Å². The molecule has 7 heteroatoms. The van der Waals surface area contributed by atoms with Crippen LogP contribution in [0, 0.1) is 0 Å². The highest BCUT2D eigenvalue weighted by Gasteiger charge is 2.15. The van der Waals surface area contributed by atoms with Crippen molar-refractivity contribution in [3.8, 4) is 0 Å². The van der Waals surface area contributed by atoms with Crippen LogP contribution in [0.2, 0.25) is 10.0 Å². The molecule has 0 fully saturated rings. The van der Waals surface area contributed by atoms with Gasteiger partial charge < -0.3 is 15.4 Å². The molecule has 0 aliphatic carbocycles. The van der Waals surface area contributed by atoms with Gasteiger partial charge in [0.25, 0.3) is 0 Å². The minimum atomic E-state index is -0.810. The third kappa shape index (κ3) is 4.18. The first-order chi connectivity index (χ1) is 8.56. The van der Waals surface area contributed by atoms with Crippen LogP contribution in [0.25, 0.3) is 0 Å². The van der Waals surface area contributed by atoms with Crippen LogP contribution in [0.5, 0.6) is 0 Å². The summed E-state index contributed by atoms with van der Waals surface area (Å²) in [6.45, 7) is 0.586. The number of anilines is 1. The molecule has 2 amide bonds. The van der Waals surface area contributed by atoms with Gasteiger partial charge in [0, 0.05) is 13.7 Å². The van der Waals surface area contributed by atoms with E-state index in [2.05, 4.69) is 10.6 Å². The molecular formula is C11H12Cl2N2O3. The van der Waals surface area contributed by atoms with Crippen LogP contribution < -0.4 is 10.6 Å². The highest BCUT2D eigenvalue weighted by atomic mass is 35.5. The van der Waals surface area contributed by atoms with E-state index in [0.29, 0.717) is 11.6 Å². The van der Waals surface area contributed by atoms with Gasteiger partial charge in [-0.1, -0.05) is 29.3 Å². The molecule has 1 aromatic rings. The summed E-state index contributed by atoms with van der Waals surface area (Å²) in [5.74, 6) is -1.57. The van der Waals surface area contributed by atoms with Crippen molar-refractivity contribution in [2.45, 2.75) is 0 Å². The zero-order valence-electron chi connectivity index (χ0n) is 9.63. The largest absolute Gasteiger partial charge is 0.383 e. The summed E-state index contributed by atoms with van der Waals surface area (Å²) in [7, 11) is 1.50. The molecule has 0 aliphatic heterocycles. The predicted octanol–water partition coefficient (Wildman–Crippen LogP) is 1.69. The zero-order valence-corrected chi connectivity index (χ0v) is 11.1. The fourth-order valence-electron chi connectivity index (χ4n) is 1.13. The first-order valence-electron chi connectivity index (χ1n) is 5.08. The summed E-state index contributed by atoms with van der Waals surface area (Å²) < 4.78 is 4.74. The first kappa shape index (κ1) is 14.8. The standard InChI is InChI=1S/C11H12Cl2N2O3/c1-18-6-5-14-10(16)11(17)15-8-4-2-3-7(12)9(8)13/h2-4H,5-6H2,1H3,(H,14,16)(H,15,17). The normalized spacial score (nSPS) is 9.94. The van der Waals surface area contributed by atoms with Gasteiger partial charge in [-0.2, -0.15) is 0 Å². The molecule has 0 bridgehead atoms. The Kier molecular flexibility index (Phi) is 5.91. The molecule has 0 saturated heterocycles. The SMILES string of the molecule is COCCNC(=O)C(=O)Nc1cccc(Cl)c1Cl. The third-order valence-corrected chi connectivity index (χ3v) is 2.82. The molecule has 0 aliphatic rings. The maximum atomic E-state index is 11.5. The Morgan fingerprint density at radius 2 is 2.00 bits per heavy atom. The van der Waals surface area contributed by atoms with E-state index in [1.165, 1.54) is 7.11 Å². The monoisotopic (exact) mass is 290 g/mol. The van der Waals surface area contributed by atoms with E-state index < -0.39 is 11.8 Å². The van der Waals surface area contributed by atoms with E-state index >= 15 is 0 Å². The predicted molar refractivity (Wildman–Crippen MR) is 70.0 cm³/mol. The van der Waals surface area contributed by atoms with E-state index in [1.54, 1.807) is 18.2 Å². The molecule has 5 nitrogen and oxygen atoms in total. The average molecular weight is 291 g/mol. The number of halogens is 2. The Morgan fingerprint density at radius 3 is 2.67 bits per heavy atom. The lowest BCUT2D eigenvalue weighted by Gasteiger charge is -2.08. The quantitative estimate of drug-likeness (QED) is 0.655. The van der Waals surface area contributed by atoms with Crippen molar-refractivity contribution in [2.75, 3.05) is 25.6 Å². The van der Waals surface area contributed by atoms with Crippen LogP contribution in [0.15, 0.2) is 18.2 Å². The van der Waals surface area contributed by atoms with E-state index in [1.807, 2.05) is 0 Å². The Hall–Kier alpha value is -1.30. The van der Waals surface area contributed by atoms with Crippen LogP contribution in [-0.4, -0.2) is 32.1 Å². The topological polar surface area (TPSA) is 67.4 Å². The number of hydrogen-bond acceptors (Lipinski definition) is 3. The maximum absolute atomic E-state index is 11.5. The fourth-order valence-corrected chi connectivity index (χ4v) is 1.47. The van der Waals surface area contributed by atoms with Gasteiger partial charge in [0.15, 0.2) is 0 Å². The number of ether oxygens (including phenoxy) is 1. The summed E-state index contributed by atoms with van der Waals surface area (Å²) in [4.78, 5) is 22.9. The number of carbonyl (C=O) groups excluding carboxylic acids is 2. The molecule has 0 aromatic heterocycles. The van der Waals surface area contributed by atoms with Gasteiger partial charge in [0.2, 0.25) is 0 Å². The minimum Gasteiger partial charge on any atom is -0.383 e. The maximum Gasteiger partial charge on any atom is 0.313 e. The van der Waals surface area contributed by atoms with Gasteiger partial charge in [0.05, 0.1) is 22.3 Å². The summed E-state index contributed by atoms with van der Waals surface area (Å²) in [5, 5.41) is 5.25. The lowest BCUT2D eigenvalue weighted by Crippen LogP contribution is -2.37. The van der Waals surface area contributed by atoms with Gasteiger partial charge in [-0.3, -0.25) is 9.59 Å². The smallest absolute Gasteiger partial charge is 0.313 e. The van der Waals surface area contributed by atoms with Crippen LogP contribution >= 0.6 is 23.2 Å². The Bertz CT molecular complexity index is 452. The molecule has 1 rings (SSSR count). The fraction of sp³-hybridized carbons (Fsp3) is 0.273. The van der Waals surface area contributed by atoms with Gasteiger partial charge in [-0.25, -0.2) is 0 Å². The molecule has 98 valence electrons. The van der Waals surface area contributed by atoms with Crippen LogP contribution in [0.1, 0.15) is 0 Å². The molecule has 18 heavy (non-hydrogen) atoms. The molecule has 0 saturated carbocycles. The molecule has 0 radical (unpaired) electrons. The number of carbonyl (C=O) groups is 2. The number of rotatable bonds is 4. The molecule has 1 aromatic carbocycles. The van der Waals surface area contributed by atoms with Crippen molar-refractivity contribution in [3.05, 3.63) is 28.2 Å². The Morgan fingerprint density at radius 1 is 1.28 bits per heavy atom. The van der Waals surface area contributed by atoms with E-state index in [0.717, 1.165) is 0 Å². The van der Waals surface area contributed by atoms with Crippen LogP contribution in [0.3, 0.4) is 0 Å². The summed E-state index contributed by atoms with van der Waals surface area (Å²) >= 11 is 11.6. The van der Waals surface area contributed by atoms with Crippen molar-refractivity contribution < 1.29 is 14.3 Å². The number of benzene rings is 1. The van der Waals surface area contributed by atoms with Gasteiger partial charge in [0.1, 0.15) is 0 Å². The molecule has 2 N–H and O–H groups in total. The van der Waals surface area contributed by atoms with Crippen molar-refractivity contribution in [1.82, 2.24) is 5.32 Å². The van der Waals surface area contributed by atoms with Gasteiger partial charge >= 0.3 is 11.8 Å². The zero-order chi connectivity index (χ0) is 13.5. The van der Waals surface area contributed by atoms with Crippen molar-refractivity contribution in [3.63, 3.8) is 0 Å². The number of nitrogens with one attached hydrogen (secondary N) is 2. The second-order valence-electron chi connectivity index (χ2n) is 3.30. The van der Waals surface area contributed by atoms with Crippen molar-refractivity contribution in [1.29, 1.82) is 0 Å². The highest BCUT2D eigenvalue weighted by molar-refractivity contribution is 6.45. The first-order valence-corrected chi connectivity index (χ1v) is 5.84. The van der Waals surface area contributed by atoms with E-state index in [-0.39, 0.29) is 17.3 Å². The summed E-state index contributed by atoms with van der Waals surface area (Å²) in [6, 6.07) is 4.75. The Balaban J connectivity index is 2.59. The molecular weight excluding hydrogens is 279 g/mol. The second kappa shape index (κ2) is 7.20.